The Bertz CT molecular complexity index is 3910. The average molecular weight is 1220 g/mol. The van der Waals surface area contributed by atoms with Gasteiger partial charge in [0.25, 0.3) is 0 Å². The molecule has 0 saturated heterocycles. The minimum atomic E-state index is -5.44. The molecule has 438 valence electrons. The van der Waals surface area contributed by atoms with Crippen LogP contribution in [0.1, 0.15) is 114 Å². The zero-order chi connectivity index (χ0) is 58.7. The summed E-state index contributed by atoms with van der Waals surface area (Å²) in [4.78, 5) is 69.0. The zero-order valence-electron chi connectivity index (χ0n) is 48.5. The number of amidine groups is 4. The summed E-state index contributed by atoms with van der Waals surface area (Å²) < 4.78 is 74.2. The Labute approximate surface area is 495 Å². The van der Waals surface area contributed by atoms with Crippen LogP contribution in [0.5, 0.6) is 0 Å². The van der Waals surface area contributed by atoms with Crippen molar-refractivity contribution in [3.63, 3.8) is 0 Å². The fourth-order valence-corrected chi connectivity index (χ4v) is 18.3. The number of aliphatic imine (C=N–C) groups is 4. The van der Waals surface area contributed by atoms with E-state index in [2.05, 4.69) is 6.92 Å². The van der Waals surface area contributed by atoms with Gasteiger partial charge in [0.15, 0.2) is 23.3 Å². The third-order valence-electron chi connectivity index (χ3n) is 15.6. The van der Waals surface area contributed by atoms with Crippen LogP contribution in [0.4, 0.5) is 11.6 Å². The Kier molecular flexibility index (Phi) is 18.8. The summed E-state index contributed by atoms with van der Waals surface area (Å²) in [5.41, 5.74) is 4.20. The molecule has 6 aromatic rings. The monoisotopic (exact) mass is 1220 g/mol. The van der Waals surface area contributed by atoms with Gasteiger partial charge < -0.3 is 8.85 Å². The molecule has 0 spiro atoms. The predicted molar refractivity (Wildman–Crippen MR) is 336 cm³/mol. The second-order valence-electron chi connectivity index (χ2n) is 20.6. The molecule has 4 aliphatic heterocycles. The number of benzene rings is 4. The van der Waals surface area contributed by atoms with E-state index in [4.69, 9.17) is 38.8 Å². The number of nitrogens with zero attached hydrogens (tertiary/aromatic N) is 10. The van der Waals surface area contributed by atoms with Crippen molar-refractivity contribution in [1.29, 1.82) is 0 Å². The standard InChI is InChI=1S/C60H72N10O8S4Si/c1-9-17-32-81(75)46-26-20-24-43-51(46)56-62-54(43)63-59-45-36-39(30-34-79(73)15-7)28-29-41(45)57-65-55-50-40(31-35-80(74)16-8)22-19-23-42(50)53(61-55)64-60-52-44(25-21-27-47(52)82(76)33-18-10-2)58(66-56)70(60)83(69(57)59,77-48(71)37-67(11-3)12-4)78-49(72)38-68(13-5)14-6/h19-29,36H,9-18,30-35,37-38H2,1-8H3. The second-order valence-corrected chi connectivity index (χ2v) is 29.8. The van der Waals surface area contributed by atoms with Gasteiger partial charge in [0.05, 0.1) is 44.5 Å². The molecule has 10 rings (SSSR count). The van der Waals surface area contributed by atoms with E-state index < -0.39 is 64.0 Å². The molecule has 0 saturated carbocycles. The highest BCUT2D eigenvalue weighted by Crippen LogP contribution is 2.45. The van der Waals surface area contributed by atoms with E-state index >= 15 is 13.8 Å². The molecule has 4 unspecified atom stereocenters. The summed E-state index contributed by atoms with van der Waals surface area (Å²) in [5.74, 6) is 2.16. The Hall–Kier alpha value is -6.08. The molecule has 18 nitrogen and oxygen atoms in total. The first-order valence-electron chi connectivity index (χ1n) is 29.0. The van der Waals surface area contributed by atoms with Gasteiger partial charge in [-0.15, -0.1) is 0 Å². The SMILES string of the molecule is CCCCS(=O)c1cccc2c1C1=NC2=Nc2c3cc(CCS(=O)CC)ccc3c3n2[Si](OC(=O)CN(CC)CC)(OC(=O)CN(CC)CC)n2c(c4cccc(S(=O)CCCC)c4c2=NC2=NC(=N3)c3c(CCS(=O)CC)cccc32)=N1. The van der Waals surface area contributed by atoms with Gasteiger partial charge in [0.2, 0.25) is 0 Å². The maximum Gasteiger partial charge on any atom is 0.742 e. The smallest absolute Gasteiger partial charge is 0.451 e. The molecule has 2 aromatic heterocycles. The van der Waals surface area contributed by atoms with Crippen LogP contribution in [-0.4, -0.2) is 153 Å². The van der Waals surface area contributed by atoms with Crippen LogP contribution in [0.15, 0.2) is 113 Å². The van der Waals surface area contributed by atoms with Gasteiger partial charge in [0, 0.05) is 99.9 Å². The lowest BCUT2D eigenvalue weighted by atomic mass is 9.99. The predicted octanol–water partition coefficient (Wildman–Crippen LogP) is 7.58. The third-order valence-corrected chi connectivity index (χ3v) is 24.1. The van der Waals surface area contributed by atoms with E-state index in [1.54, 1.807) is 8.47 Å². The number of likely N-dealkylation sites (N-methyl/N-ethyl adjacent to an activating group) is 2. The van der Waals surface area contributed by atoms with Crippen molar-refractivity contribution in [3.05, 3.63) is 117 Å². The van der Waals surface area contributed by atoms with Gasteiger partial charge in [-0.05, 0) is 81.2 Å². The van der Waals surface area contributed by atoms with E-state index in [1.165, 1.54) is 0 Å². The first-order chi connectivity index (χ1) is 40.2. The summed E-state index contributed by atoms with van der Waals surface area (Å²) in [6.45, 7) is 17.2. The highest BCUT2D eigenvalue weighted by Gasteiger charge is 2.60. The van der Waals surface area contributed by atoms with Crippen molar-refractivity contribution >= 4 is 121 Å². The minimum Gasteiger partial charge on any atom is -0.451 e. The van der Waals surface area contributed by atoms with E-state index in [1.807, 2.05) is 131 Å². The van der Waals surface area contributed by atoms with E-state index in [9.17, 15) is 12.6 Å². The van der Waals surface area contributed by atoms with Crippen LogP contribution >= 0.6 is 0 Å². The Balaban J connectivity index is 1.49. The lowest BCUT2D eigenvalue weighted by molar-refractivity contribution is -0.143. The lowest BCUT2D eigenvalue weighted by Gasteiger charge is -2.33. The minimum absolute atomic E-state index is 0.100. The fraction of sp³-hybridized carbons (Fsp3) is 0.433. The molecule has 0 amide bonds. The van der Waals surface area contributed by atoms with Crippen LogP contribution in [0.2, 0.25) is 0 Å². The molecule has 83 heavy (non-hydrogen) atoms. The first-order valence-corrected chi connectivity index (χ1v) is 36.3. The number of fused-ring (bicyclic) bond motifs is 14. The number of hydrogen-bond donors (Lipinski definition) is 0. The number of carbonyl (C=O) groups excluding carboxylic acids is 2. The molecular formula is C60H72N10O8S4Si. The first kappa shape index (κ1) is 60.1. The topological polar surface area (TPSA) is 211 Å². The number of hydrogen-bond acceptors (Lipinski definition) is 16. The summed E-state index contributed by atoms with van der Waals surface area (Å²) in [6.07, 6.45) is 3.81. The molecule has 0 N–H and O–H groups in total. The maximum atomic E-state index is 15.6. The molecule has 0 aliphatic carbocycles. The Morgan fingerprint density at radius 2 is 1.05 bits per heavy atom. The van der Waals surface area contributed by atoms with Crippen LogP contribution in [-0.2, 0) is 74.5 Å². The largest absolute Gasteiger partial charge is 0.742 e. The molecule has 6 bridgehead atoms. The number of aryl methyl sites for hydroxylation is 2. The number of carbonyl (C=O) groups is 2. The molecule has 6 heterocycles. The van der Waals surface area contributed by atoms with Crippen molar-refractivity contribution in [1.82, 2.24) is 18.3 Å². The lowest BCUT2D eigenvalue weighted by Crippen LogP contribution is -2.66. The van der Waals surface area contributed by atoms with Crippen LogP contribution in [0.3, 0.4) is 0 Å². The number of rotatable bonds is 26. The van der Waals surface area contributed by atoms with Crippen molar-refractivity contribution in [2.24, 2.45) is 30.0 Å². The number of aromatic nitrogens is 2. The van der Waals surface area contributed by atoms with Crippen LogP contribution < -0.4 is 11.0 Å². The van der Waals surface area contributed by atoms with Gasteiger partial charge in [-0.2, -0.15) is 0 Å². The molecule has 0 fully saturated rings. The average Bonchev–Trinajstić information content (AvgIpc) is 2.66. The zero-order valence-corrected chi connectivity index (χ0v) is 52.8. The summed E-state index contributed by atoms with van der Waals surface area (Å²) in [6, 6.07) is 22.7. The van der Waals surface area contributed by atoms with Crippen LogP contribution in [0.25, 0.3) is 21.5 Å². The van der Waals surface area contributed by atoms with E-state index in [0.717, 1.165) is 24.0 Å². The maximum absolute atomic E-state index is 15.6. The van der Waals surface area contributed by atoms with Gasteiger partial charge in [-0.1, -0.05) is 123 Å². The Morgan fingerprint density at radius 3 is 1.69 bits per heavy atom. The molecule has 4 atom stereocenters. The molecule has 23 heteroatoms. The number of unbranched alkanes of at least 4 members (excludes halogenated alkanes) is 2. The summed E-state index contributed by atoms with van der Waals surface area (Å²) >= 11 is 0. The summed E-state index contributed by atoms with van der Waals surface area (Å²) in [7, 11) is -10.8. The van der Waals surface area contributed by atoms with E-state index in [-0.39, 0.29) is 59.0 Å². The molecule has 4 aromatic carbocycles. The van der Waals surface area contributed by atoms with Crippen molar-refractivity contribution < 1.29 is 35.3 Å². The third kappa shape index (κ3) is 11.6. The second kappa shape index (κ2) is 26.0. The highest BCUT2D eigenvalue weighted by molar-refractivity contribution is 7.85. The van der Waals surface area contributed by atoms with Gasteiger partial charge in [-0.3, -0.25) is 44.7 Å². The van der Waals surface area contributed by atoms with E-state index in [0.29, 0.717) is 140 Å². The molecule has 0 radical (unpaired) electrons. The highest BCUT2D eigenvalue weighted by atomic mass is 32.2. The van der Waals surface area contributed by atoms with Crippen molar-refractivity contribution in [2.45, 2.75) is 104 Å². The molecular weight excluding hydrogens is 1150 g/mol. The normalized spacial score (nSPS) is 16.0. The van der Waals surface area contributed by atoms with Gasteiger partial charge in [-0.25, -0.2) is 30.0 Å². The fourth-order valence-electron chi connectivity index (χ4n) is 10.9. The van der Waals surface area contributed by atoms with Crippen molar-refractivity contribution in [3.8, 4) is 0 Å². The van der Waals surface area contributed by atoms with Crippen molar-refractivity contribution in [2.75, 3.05) is 73.8 Å². The summed E-state index contributed by atoms with van der Waals surface area (Å²) in [5, 5.41) is 1.87. The quantitative estimate of drug-likeness (QED) is 0.0486. The van der Waals surface area contributed by atoms with Gasteiger partial charge in [0.1, 0.15) is 22.6 Å². The van der Waals surface area contributed by atoms with Gasteiger partial charge >= 0.3 is 20.8 Å². The van der Waals surface area contributed by atoms with Crippen LogP contribution in [0, 0.1) is 0 Å². The molecule has 4 aliphatic rings. The Morgan fingerprint density at radius 1 is 0.518 bits per heavy atom.